The van der Waals surface area contributed by atoms with E-state index >= 15 is 0 Å². The van der Waals surface area contributed by atoms with Gasteiger partial charge in [-0.3, -0.25) is 9.51 Å². The summed E-state index contributed by atoms with van der Waals surface area (Å²) in [5.74, 6) is -0.0318. The first-order valence-corrected chi connectivity index (χ1v) is 2.99. The minimum Gasteiger partial charge on any atom is -0.328 e. The zero-order valence-electron chi connectivity index (χ0n) is 5.63. The quantitative estimate of drug-likeness (QED) is 0.570. The van der Waals surface area contributed by atoms with Crippen LogP contribution in [0.4, 0.5) is 0 Å². The first-order valence-electron chi connectivity index (χ1n) is 2.99. The van der Waals surface area contributed by atoms with Crippen molar-refractivity contribution in [2.75, 3.05) is 0 Å². The Balaban J connectivity index is 2.67. The molecule has 0 aliphatic rings. The normalized spacial score (nSPS) is 13.4. The molecule has 1 aromatic rings. The van der Waals surface area contributed by atoms with Crippen LogP contribution in [0.25, 0.3) is 0 Å². The van der Waals surface area contributed by atoms with Crippen molar-refractivity contribution in [3.05, 3.63) is 16.4 Å². The van der Waals surface area contributed by atoms with Gasteiger partial charge in [0.25, 0.3) is 0 Å². The molecule has 5 heteroatoms. The van der Waals surface area contributed by atoms with Crippen molar-refractivity contribution >= 4 is 0 Å². The summed E-state index contributed by atoms with van der Waals surface area (Å²) < 4.78 is 4.25. The molecule has 1 unspecified atom stereocenters. The molecule has 0 aromatic carbocycles. The molecule has 1 rings (SSSR count). The van der Waals surface area contributed by atoms with Crippen molar-refractivity contribution < 1.29 is 4.52 Å². The Hall–Kier alpha value is -1.10. The van der Waals surface area contributed by atoms with Crippen LogP contribution in [-0.4, -0.2) is 16.2 Å². The highest BCUT2D eigenvalue weighted by Crippen LogP contribution is 1.88. The van der Waals surface area contributed by atoms with Gasteiger partial charge in [-0.1, -0.05) is 5.16 Å². The molecule has 0 bridgehead atoms. The van der Waals surface area contributed by atoms with Crippen molar-refractivity contribution in [2.45, 2.75) is 19.4 Å². The number of hydrogen-bond acceptors (Lipinski definition) is 4. The van der Waals surface area contributed by atoms with Crippen LogP contribution in [0.3, 0.4) is 0 Å². The molecule has 1 heterocycles. The number of H-pyrrole nitrogens is 1. The topological polar surface area (TPSA) is 84.9 Å². The van der Waals surface area contributed by atoms with E-state index in [-0.39, 0.29) is 6.04 Å². The van der Waals surface area contributed by atoms with Gasteiger partial charge in [-0.2, -0.15) is 0 Å². The molecule has 0 aliphatic carbocycles. The summed E-state index contributed by atoms with van der Waals surface area (Å²) in [7, 11) is 0. The predicted molar refractivity (Wildman–Crippen MR) is 34.5 cm³/mol. The fourth-order valence-electron chi connectivity index (χ4n) is 0.653. The summed E-state index contributed by atoms with van der Waals surface area (Å²) >= 11 is 0. The maximum Gasteiger partial charge on any atom is 0.438 e. The summed E-state index contributed by atoms with van der Waals surface area (Å²) in [5, 5.41) is 3.43. The average molecular weight is 143 g/mol. The first kappa shape index (κ1) is 7.01. The lowest BCUT2D eigenvalue weighted by Gasteiger charge is -1.96. The molecule has 0 radical (unpaired) electrons. The van der Waals surface area contributed by atoms with Crippen molar-refractivity contribution in [1.82, 2.24) is 10.1 Å². The zero-order valence-corrected chi connectivity index (χ0v) is 5.63. The third-order valence-corrected chi connectivity index (χ3v) is 1.00. The second kappa shape index (κ2) is 2.66. The van der Waals surface area contributed by atoms with Gasteiger partial charge >= 0.3 is 5.76 Å². The van der Waals surface area contributed by atoms with Crippen molar-refractivity contribution in [3.8, 4) is 0 Å². The second-order valence-corrected chi connectivity index (χ2v) is 2.22. The molecule has 10 heavy (non-hydrogen) atoms. The maximum absolute atomic E-state index is 10.3. The second-order valence-electron chi connectivity index (χ2n) is 2.22. The Kier molecular flexibility index (Phi) is 1.86. The Morgan fingerprint density at radius 1 is 1.90 bits per heavy atom. The van der Waals surface area contributed by atoms with Crippen LogP contribution in [0, 0.1) is 0 Å². The van der Waals surface area contributed by atoms with E-state index in [4.69, 9.17) is 5.73 Å². The summed E-state index contributed by atoms with van der Waals surface area (Å²) in [4.78, 5) is 12.7. The number of nitrogens with one attached hydrogen (secondary N) is 1. The predicted octanol–water partition coefficient (Wildman–Crippen LogP) is -0.747. The maximum atomic E-state index is 10.3. The number of hydrogen-bond donors (Lipinski definition) is 2. The largest absolute Gasteiger partial charge is 0.438 e. The number of nitrogens with zero attached hydrogens (tertiary/aromatic N) is 1. The van der Waals surface area contributed by atoms with Crippen molar-refractivity contribution in [3.63, 3.8) is 0 Å². The van der Waals surface area contributed by atoms with Crippen LogP contribution >= 0.6 is 0 Å². The highest BCUT2D eigenvalue weighted by Gasteiger charge is 2.01. The third-order valence-electron chi connectivity index (χ3n) is 1.00. The first-order chi connectivity index (χ1) is 4.68. The molecular formula is C5H9N3O2. The van der Waals surface area contributed by atoms with Crippen molar-refractivity contribution in [1.29, 1.82) is 0 Å². The van der Waals surface area contributed by atoms with Crippen LogP contribution in [0.5, 0.6) is 0 Å². The molecule has 1 atom stereocenters. The number of aromatic amines is 1. The minimum atomic E-state index is -0.532. The molecule has 0 saturated carbocycles. The van der Waals surface area contributed by atoms with E-state index < -0.39 is 5.76 Å². The molecule has 1 aromatic heterocycles. The fourth-order valence-corrected chi connectivity index (χ4v) is 0.653. The van der Waals surface area contributed by atoms with E-state index in [0.717, 1.165) is 0 Å². The monoisotopic (exact) mass is 143 g/mol. The van der Waals surface area contributed by atoms with E-state index in [1.54, 1.807) is 0 Å². The van der Waals surface area contributed by atoms with E-state index in [1.807, 2.05) is 6.92 Å². The molecule has 0 saturated heterocycles. The van der Waals surface area contributed by atoms with Crippen LogP contribution in [0.1, 0.15) is 12.7 Å². The SMILES string of the molecule is CC(N)Cc1noc(=O)[nH]1. The van der Waals surface area contributed by atoms with Crippen LogP contribution in [0.2, 0.25) is 0 Å². The molecule has 3 N–H and O–H groups in total. The molecule has 0 fully saturated rings. The van der Waals surface area contributed by atoms with Gasteiger partial charge in [-0.25, -0.2) is 4.79 Å². The lowest BCUT2D eigenvalue weighted by atomic mass is 10.2. The Labute approximate surface area is 57.2 Å². The third kappa shape index (κ3) is 1.70. The highest BCUT2D eigenvalue weighted by molar-refractivity contribution is 4.81. The molecule has 0 aliphatic heterocycles. The van der Waals surface area contributed by atoms with Gasteiger partial charge in [0.05, 0.1) is 0 Å². The van der Waals surface area contributed by atoms with Gasteiger partial charge in [0.2, 0.25) is 0 Å². The minimum absolute atomic E-state index is 0.0132. The van der Waals surface area contributed by atoms with Gasteiger partial charge in [-0.15, -0.1) is 0 Å². The lowest BCUT2D eigenvalue weighted by Crippen LogP contribution is -2.18. The van der Waals surface area contributed by atoms with Crippen LogP contribution < -0.4 is 11.5 Å². The van der Waals surface area contributed by atoms with Crippen molar-refractivity contribution in [2.24, 2.45) is 5.73 Å². The fraction of sp³-hybridized carbons (Fsp3) is 0.600. The van der Waals surface area contributed by atoms with Crippen LogP contribution in [0.15, 0.2) is 9.32 Å². The summed E-state index contributed by atoms with van der Waals surface area (Å²) in [6, 6.07) is -0.0132. The Morgan fingerprint density at radius 2 is 2.60 bits per heavy atom. The van der Waals surface area contributed by atoms with Gasteiger partial charge in [0.15, 0.2) is 5.82 Å². The number of rotatable bonds is 2. The smallest absolute Gasteiger partial charge is 0.328 e. The number of nitrogens with two attached hydrogens (primary N) is 1. The molecule has 5 nitrogen and oxygen atoms in total. The Bertz CT molecular complexity index is 249. The van der Waals surface area contributed by atoms with Gasteiger partial charge in [0, 0.05) is 12.5 Å². The molecule has 0 amide bonds. The zero-order chi connectivity index (χ0) is 7.56. The summed E-state index contributed by atoms with van der Waals surface area (Å²) in [5.41, 5.74) is 5.43. The average Bonchev–Trinajstić information content (AvgIpc) is 2.13. The highest BCUT2D eigenvalue weighted by atomic mass is 16.5. The summed E-state index contributed by atoms with van der Waals surface area (Å²) in [6.45, 7) is 1.83. The molecular weight excluding hydrogens is 134 g/mol. The Morgan fingerprint density at radius 3 is 3.00 bits per heavy atom. The van der Waals surface area contributed by atoms with E-state index in [1.165, 1.54) is 0 Å². The number of aromatic nitrogens is 2. The summed E-state index contributed by atoms with van der Waals surface area (Å²) in [6.07, 6.45) is 0.533. The van der Waals surface area contributed by atoms with E-state index in [9.17, 15) is 4.79 Å². The standard InChI is InChI=1S/C5H9N3O2/c1-3(6)2-4-7-5(9)10-8-4/h3H,2,6H2,1H3,(H,7,8,9). The van der Waals surface area contributed by atoms with Gasteiger partial charge < -0.3 is 5.73 Å². The molecule has 0 spiro atoms. The molecule has 56 valence electrons. The van der Waals surface area contributed by atoms with E-state index in [2.05, 4.69) is 14.7 Å². The lowest BCUT2D eigenvalue weighted by molar-refractivity contribution is 0.380. The van der Waals surface area contributed by atoms with Gasteiger partial charge in [0.1, 0.15) is 0 Å². The van der Waals surface area contributed by atoms with E-state index in [0.29, 0.717) is 12.2 Å². The van der Waals surface area contributed by atoms with Gasteiger partial charge in [-0.05, 0) is 6.92 Å². The van der Waals surface area contributed by atoms with Crippen LogP contribution in [-0.2, 0) is 6.42 Å².